The molecular formula is C16H18N4S. The van der Waals surface area contributed by atoms with E-state index in [9.17, 15) is 0 Å². The number of aromatic nitrogens is 3. The van der Waals surface area contributed by atoms with Gasteiger partial charge in [0, 0.05) is 37.1 Å². The minimum atomic E-state index is 0.0893. The number of nitrogens with one attached hydrogen (secondary N) is 1. The third-order valence-corrected chi connectivity index (χ3v) is 4.47. The van der Waals surface area contributed by atoms with Crippen molar-refractivity contribution in [2.75, 3.05) is 0 Å². The normalized spacial score (nSPS) is 12.5. The standard InChI is InChI=1S/C16H18N4S/c1-12-5-3-7-17-13(12)11-19-15(14-6-4-10-21-14)16-18-8-9-20(16)2/h3-10,15,19H,11H2,1-2H3. The molecule has 0 aromatic carbocycles. The van der Waals surface area contributed by atoms with Crippen molar-refractivity contribution < 1.29 is 0 Å². The van der Waals surface area contributed by atoms with Crippen LogP contribution in [0, 0.1) is 6.92 Å². The first-order chi connectivity index (χ1) is 10.3. The molecule has 3 rings (SSSR count). The van der Waals surface area contributed by atoms with Crippen molar-refractivity contribution in [1.82, 2.24) is 19.9 Å². The molecule has 21 heavy (non-hydrogen) atoms. The topological polar surface area (TPSA) is 42.7 Å². The summed E-state index contributed by atoms with van der Waals surface area (Å²) in [7, 11) is 2.02. The van der Waals surface area contributed by atoms with Crippen LogP contribution in [0.4, 0.5) is 0 Å². The van der Waals surface area contributed by atoms with Crippen molar-refractivity contribution in [1.29, 1.82) is 0 Å². The summed E-state index contributed by atoms with van der Waals surface area (Å²) < 4.78 is 2.06. The second kappa shape index (κ2) is 6.20. The van der Waals surface area contributed by atoms with Gasteiger partial charge in [0.2, 0.25) is 0 Å². The third kappa shape index (κ3) is 3.04. The molecule has 108 valence electrons. The Morgan fingerprint density at radius 1 is 1.24 bits per heavy atom. The van der Waals surface area contributed by atoms with Gasteiger partial charge in [0.1, 0.15) is 11.9 Å². The monoisotopic (exact) mass is 298 g/mol. The van der Waals surface area contributed by atoms with Gasteiger partial charge in [-0.3, -0.25) is 10.3 Å². The molecule has 3 aromatic heterocycles. The number of aryl methyl sites for hydroxylation is 2. The summed E-state index contributed by atoms with van der Waals surface area (Å²) in [5, 5.41) is 5.68. The van der Waals surface area contributed by atoms with Crippen LogP contribution in [0.1, 0.15) is 28.0 Å². The molecule has 0 saturated heterocycles. The number of hydrogen-bond acceptors (Lipinski definition) is 4. The predicted molar refractivity (Wildman–Crippen MR) is 85.2 cm³/mol. The Balaban J connectivity index is 1.84. The number of thiophene rings is 1. The van der Waals surface area contributed by atoms with Crippen LogP contribution < -0.4 is 5.32 Å². The van der Waals surface area contributed by atoms with Gasteiger partial charge >= 0.3 is 0 Å². The number of nitrogens with zero attached hydrogens (tertiary/aromatic N) is 3. The lowest BCUT2D eigenvalue weighted by atomic mass is 10.2. The number of imidazole rings is 1. The highest BCUT2D eigenvalue weighted by molar-refractivity contribution is 7.10. The van der Waals surface area contributed by atoms with E-state index in [2.05, 4.69) is 50.4 Å². The van der Waals surface area contributed by atoms with Crippen molar-refractivity contribution >= 4 is 11.3 Å². The summed E-state index contributed by atoms with van der Waals surface area (Å²) in [4.78, 5) is 10.2. The molecule has 1 N–H and O–H groups in total. The van der Waals surface area contributed by atoms with Crippen molar-refractivity contribution in [3.8, 4) is 0 Å². The van der Waals surface area contributed by atoms with Crippen LogP contribution in [0.2, 0.25) is 0 Å². The lowest BCUT2D eigenvalue weighted by molar-refractivity contribution is 0.558. The molecule has 1 atom stereocenters. The maximum Gasteiger partial charge on any atom is 0.131 e. The molecule has 0 aliphatic rings. The van der Waals surface area contributed by atoms with Crippen LogP contribution in [0.15, 0.2) is 48.2 Å². The summed E-state index contributed by atoms with van der Waals surface area (Å²) in [5.41, 5.74) is 2.28. The smallest absolute Gasteiger partial charge is 0.131 e. The number of pyridine rings is 1. The molecule has 0 radical (unpaired) electrons. The summed E-state index contributed by atoms with van der Waals surface area (Å²) >= 11 is 1.74. The molecule has 0 saturated carbocycles. The molecule has 1 unspecified atom stereocenters. The van der Waals surface area contributed by atoms with Crippen LogP contribution in [-0.2, 0) is 13.6 Å². The van der Waals surface area contributed by atoms with Gasteiger partial charge in [0.25, 0.3) is 0 Å². The molecule has 4 nitrogen and oxygen atoms in total. The highest BCUT2D eigenvalue weighted by atomic mass is 32.1. The Morgan fingerprint density at radius 2 is 2.14 bits per heavy atom. The number of rotatable bonds is 5. The SMILES string of the molecule is Cc1cccnc1CNC(c1cccs1)c1nccn1C. The third-order valence-electron chi connectivity index (χ3n) is 3.54. The molecule has 0 aliphatic carbocycles. The van der Waals surface area contributed by atoms with Gasteiger partial charge in [0.15, 0.2) is 0 Å². The van der Waals surface area contributed by atoms with E-state index in [4.69, 9.17) is 0 Å². The average Bonchev–Trinajstić information content (AvgIpc) is 3.14. The molecule has 3 heterocycles. The van der Waals surface area contributed by atoms with Crippen molar-refractivity contribution in [3.05, 3.63) is 70.2 Å². The lowest BCUT2D eigenvalue weighted by Gasteiger charge is -2.17. The Hall–Kier alpha value is -1.98. The van der Waals surface area contributed by atoms with Crippen molar-refractivity contribution in [3.63, 3.8) is 0 Å². The second-order valence-electron chi connectivity index (χ2n) is 4.99. The van der Waals surface area contributed by atoms with Crippen LogP contribution in [0.5, 0.6) is 0 Å². The average molecular weight is 298 g/mol. The van der Waals surface area contributed by atoms with Crippen LogP contribution in [-0.4, -0.2) is 14.5 Å². The van der Waals surface area contributed by atoms with Gasteiger partial charge in [-0.1, -0.05) is 12.1 Å². The minimum absolute atomic E-state index is 0.0893. The van der Waals surface area contributed by atoms with E-state index in [-0.39, 0.29) is 6.04 Å². The van der Waals surface area contributed by atoms with Gasteiger partial charge in [-0.2, -0.15) is 0 Å². The highest BCUT2D eigenvalue weighted by Crippen LogP contribution is 2.25. The van der Waals surface area contributed by atoms with E-state index in [1.807, 2.05) is 31.7 Å². The van der Waals surface area contributed by atoms with Crippen LogP contribution in [0.25, 0.3) is 0 Å². The molecule has 0 spiro atoms. The predicted octanol–water partition coefficient (Wildman–Crippen LogP) is 3.06. The van der Waals surface area contributed by atoms with E-state index in [1.165, 1.54) is 10.4 Å². The highest BCUT2D eigenvalue weighted by Gasteiger charge is 2.19. The first-order valence-electron chi connectivity index (χ1n) is 6.90. The maximum atomic E-state index is 4.49. The van der Waals surface area contributed by atoms with Gasteiger partial charge in [0.05, 0.1) is 5.69 Å². The van der Waals surface area contributed by atoms with E-state index in [0.717, 1.165) is 18.1 Å². The first-order valence-corrected chi connectivity index (χ1v) is 7.78. The van der Waals surface area contributed by atoms with Gasteiger partial charge < -0.3 is 4.57 Å². The molecular weight excluding hydrogens is 280 g/mol. The summed E-state index contributed by atoms with van der Waals surface area (Å²) in [5.74, 6) is 1.02. The first kappa shape index (κ1) is 14.0. The molecule has 0 fully saturated rings. The Kier molecular flexibility index (Phi) is 4.13. The van der Waals surface area contributed by atoms with Gasteiger partial charge in [-0.15, -0.1) is 11.3 Å². The molecule has 0 bridgehead atoms. The Morgan fingerprint density at radius 3 is 2.81 bits per heavy atom. The summed E-state index contributed by atoms with van der Waals surface area (Å²) in [6.45, 7) is 2.81. The Labute approximate surface area is 128 Å². The number of hydrogen-bond donors (Lipinski definition) is 1. The molecule has 0 amide bonds. The molecule has 0 aliphatic heterocycles. The fourth-order valence-corrected chi connectivity index (χ4v) is 3.13. The second-order valence-corrected chi connectivity index (χ2v) is 5.97. The van der Waals surface area contributed by atoms with Gasteiger partial charge in [-0.25, -0.2) is 4.98 Å². The molecule has 5 heteroatoms. The summed E-state index contributed by atoms with van der Waals surface area (Å²) in [6.07, 6.45) is 5.65. The quantitative estimate of drug-likeness (QED) is 0.787. The minimum Gasteiger partial charge on any atom is -0.336 e. The fraction of sp³-hybridized carbons (Fsp3) is 0.250. The lowest BCUT2D eigenvalue weighted by Crippen LogP contribution is -2.24. The van der Waals surface area contributed by atoms with E-state index in [0.29, 0.717) is 0 Å². The van der Waals surface area contributed by atoms with Crippen LogP contribution in [0.3, 0.4) is 0 Å². The van der Waals surface area contributed by atoms with E-state index in [1.54, 1.807) is 11.3 Å². The van der Waals surface area contributed by atoms with Gasteiger partial charge in [-0.05, 0) is 30.0 Å². The van der Waals surface area contributed by atoms with Crippen molar-refractivity contribution in [2.24, 2.45) is 7.05 Å². The zero-order valence-electron chi connectivity index (χ0n) is 12.2. The van der Waals surface area contributed by atoms with Crippen molar-refractivity contribution in [2.45, 2.75) is 19.5 Å². The maximum absolute atomic E-state index is 4.49. The zero-order valence-corrected chi connectivity index (χ0v) is 13.0. The Bertz CT molecular complexity index is 703. The molecule has 3 aromatic rings. The van der Waals surface area contributed by atoms with E-state index < -0.39 is 0 Å². The largest absolute Gasteiger partial charge is 0.336 e. The van der Waals surface area contributed by atoms with E-state index >= 15 is 0 Å². The van der Waals surface area contributed by atoms with Crippen LogP contribution >= 0.6 is 11.3 Å². The summed E-state index contributed by atoms with van der Waals surface area (Å²) in [6, 6.07) is 8.36. The zero-order chi connectivity index (χ0) is 14.7. The fourth-order valence-electron chi connectivity index (χ4n) is 2.33.